The Hall–Kier alpha value is -1.06. The molecule has 1 aromatic rings. The molecular weight excluding hydrogens is 118 g/mol. The van der Waals surface area contributed by atoms with E-state index in [1.165, 1.54) is 11.0 Å². The molecule has 0 aliphatic heterocycles. The van der Waals surface area contributed by atoms with E-state index in [0.29, 0.717) is 0 Å². The topological polar surface area (TPSA) is 50.7 Å². The summed E-state index contributed by atoms with van der Waals surface area (Å²) in [5.74, 6) is 0. The van der Waals surface area contributed by atoms with Gasteiger partial charge in [-0.15, -0.1) is 0 Å². The molecule has 0 saturated carbocycles. The summed E-state index contributed by atoms with van der Waals surface area (Å²) in [5.41, 5.74) is -0.149. The zero-order valence-corrected chi connectivity index (χ0v) is 5.46. The molecule has 1 heterocycles. The van der Waals surface area contributed by atoms with Gasteiger partial charge in [0.2, 0.25) is 0 Å². The summed E-state index contributed by atoms with van der Waals surface area (Å²) in [6.07, 6.45) is 1.26. The monoisotopic (exact) mass is 127 g/mol. The van der Waals surface area contributed by atoms with Gasteiger partial charge in [-0.2, -0.15) is 5.10 Å². The van der Waals surface area contributed by atoms with Gasteiger partial charge in [-0.05, 0) is 13.8 Å². The van der Waals surface area contributed by atoms with E-state index in [2.05, 4.69) is 10.2 Å². The maximum absolute atomic E-state index is 10.5. The predicted molar refractivity (Wildman–Crippen MR) is 33.2 cm³/mol. The van der Waals surface area contributed by atoms with Crippen LogP contribution in [0.3, 0.4) is 0 Å². The Bertz CT molecular complexity index is 234. The summed E-state index contributed by atoms with van der Waals surface area (Å²) in [6.45, 7) is 3.89. The van der Waals surface area contributed by atoms with Crippen molar-refractivity contribution in [3.05, 3.63) is 16.6 Å². The highest BCUT2D eigenvalue weighted by Crippen LogP contribution is 1.93. The van der Waals surface area contributed by atoms with Crippen molar-refractivity contribution in [3.8, 4) is 0 Å². The SMILES string of the molecule is CC(C)n1ncc(=O)[nH]1. The number of aromatic nitrogens is 3. The minimum Gasteiger partial charge on any atom is -0.266 e. The van der Waals surface area contributed by atoms with Crippen molar-refractivity contribution in [1.29, 1.82) is 0 Å². The minimum absolute atomic E-state index is 0.149. The van der Waals surface area contributed by atoms with Crippen molar-refractivity contribution in [2.45, 2.75) is 19.9 Å². The third-order valence-electron chi connectivity index (χ3n) is 1.01. The van der Waals surface area contributed by atoms with Crippen molar-refractivity contribution in [2.24, 2.45) is 0 Å². The fourth-order valence-corrected chi connectivity index (χ4v) is 0.548. The van der Waals surface area contributed by atoms with Gasteiger partial charge in [0.1, 0.15) is 6.20 Å². The molecule has 0 spiro atoms. The van der Waals surface area contributed by atoms with Crippen LogP contribution in [0.1, 0.15) is 19.9 Å². The fraction of sp³-hybridized carbons (Fsp3) is 0.600. The molecule has 0 bridgehead atoms. The number of nitrogens with one attached hydrogen (secondary N) is 1. The van der Waals surface area contributed by atoms with Crippen LogP contribution in [0.2, 0.25) is 0 Å². The molecule has 0 atom stereocenters. The van der Waals surface area contributed by atoms with Gasteiger partial charge in [-0.3, -0.25) is 4.79 Å². The van der Waals surface area contributed by atoms with Crippen LogP contribution < -0.4 is 5.56 Å². The standard InChI is InChI=1S/C5H9N3O/c1-4(2)8-6-3-5(9)7-8/h3-4H,1-2H3,(H,7,9). The van der Waals surface area contributed by atoms with Crippen LogP contribution in [0, 0.1) is 0 Å². The minimum atomic E-state index is -0.149. The lowest BCUT2D eigenvalue weighted by Crippen LogP contribution is -2.08. The van der Waals surface area contributed by atoms with Crippen LogP contribution in [0.25, 0.3) is 0 Å². The summed E-state index contributed by atoms with van der Waals surface area (Å²) < 4.78 is 0. The fourth-order valence-electron chi connectivity index (χ4n) is 0.548. The van der Waals surface area contributed by atoms with Gasteiger partial charge < -0.3 is 0 Å². The van der Waals surface area contributed by atoms with Gasteiger partial charge in [-0.1, -0.05) is 0 Å². The lowest BCUT2D eigenvalue weighted by Gasteiger charge is -2.00. The molecule has 4 heteroatoms. The number of nitrogens with zero attached hydrogens (tertiary/aromatic N) is 2. The Morgan fingerprint density at radius 1 is 1.78 bits per heavy atom. The largest absolute Gasteiger partial charge is 0.284 e. The lowest BCUT2D eigenvalue weighted by atomic mass is 10.4. The molecule has 0 amide bonds. The van der Waals surface area contributed by atoms with Gasteiger partial charge in [0.15, 0.2) is 0 Å². The third kappa shape index (κ3) is 1.19. The van der Waals surface area contributed by atoms with Gasteiger partial charge in [0, 0.05) is 0 Å². The first kappa shape index (κ1) is 6.07. The average Bonchev–Trinajstić information content (AvgIpc) is 2.14. The zero-order valence-electron chi connectivity index (χ0n) is 5.46. The van der Waals surface area contributed by atoms with Crippen molar-refractivity contribution >= 4 is 0 Å². The number of aromatic amines is 1. The quantitative estimate of drug-likeness (QED) is 0.584. The van der Waals surface area contributed by atoms with Gasteiger partial charge in [0.25, 0.3) is 5.56 Å². The predicted octanol–water partition coefficient (Wildman–Crippen LogP) is 0.152. The molecule has 50 valence electrons. The van der Waals surface area contributed by atoms with Crippen molar-refractivity contribution in [2.75, 3.05) is 0 Å². The van der Waals surface area contributed by atoms with E-state index < -0.39 is 0 Å². The molecule has 1 rings (SSSR count). The molecule has 0 radical (unpaired) electrons. The Labute approximate surface area is 52.5 Å². The molecular formula is C5H9N3O. The smallest absolute Gasteiger partial charge is 0.266 e. The zero-order chi connectivity index (χ0) is 6.85. The molecule has 1 N–H and O–H groups in total. The van der Waals surface area contributed by atoms with Crippen molar-refractivity contribution in [3.63, 3.8) is 0 Å². The highest BCUT2D eigenvalue weighted by molar-refractivity contribution is 4.65. The maximum atomic E-state index is 10.5. The van der Waals surface area contributed by atoms with Gasteiger partial charge >= 0.3 is 0 Å². The second kappa shape index (κ2) is 2.05. The molecule has 0 aromatic carbocycles. The molecule has 0 saturated heterocycles. The molecule has 9 heavy (non-hydrogen) atoms. The van der Waals surface area contributed by atoms with Crippen LogP contribution in [0.15, 0.2) is 11.0 Å². The van der Waals surface area contributed by atoms with Crippen LogP contribution in [-0.2, 0) is 0 Å². The van der Waals surface area contributed by atoms with Crippen molar-refractivity contribution < 1.29 is 0 Å². The van der Waals surface area contributed by atoms with Crippen LogP contribution in [0.5, 0.6) is 0 Å². The number of rotatable bonds is 1. The van der Waals surface area contributed by atoms with E-state index in [4.69, 9.17) is 0 Å². The molecule has 0 unspecified atom stereocenters. The Morgan fingerprint density at radius 3 is 2.67 bits per heavy atom. The number of H-pyrrole nitrogens is 1. The number of hydrogen-bond acceptors (Lipinski definition) is 2. The van der Waals surface area contributed by atoms with E-state index in [0.717, 1.165) is 0 Å². The molecule has 1 aromatic heterocycles. The highest BCUT2D eigenvalue weighted by Gasteiger charge is 1.95. The van der Waals surface area contributed by atoms with E-state index >= 15 is 0 Å². The van der Waals surface area contributed by atoms with E-state index in [1.54, 1.807) is 0 Å². The summed E-state index contributed by atoms with van der Waals surface area (Å²) in [6, 6.07) is 0.229. The van der Waals surface area contributed by atoms with Crippen LogP contribution >= 0.6 is 0 Å². The first-order valence-corrected chi connectivity index (χ1v) is 2.84. The maximum Gasteiger partial charge on any atom is 0.284 e. The Morgan fingerprint density at radius 2 is 2.44 bits per heavy atom. The van der Waals surface area contributed by atoms with Crippen molar-refractivity contribution in [1.82, 2.24) is 15.0 Å². The van der Waals surface area contributed by atoms with Gasteiger partial charge in [0.05, 0.1) is 6.04 Å². The molecule has 4 nitrogen and oxygen atoms in total. The van der Waals surface area contributed by atoms with E-state index in [-0.39, 0.29) is 11.6 Å². The summed E-state index contributed by atoms with van der Waals surface area (Å²) in [5, 5.41) is 6.29. The first-order valence-electron chi connectivity index (χ1n) is 2.84. The normalized spacial score (nSPS) is 10.6. The second-order valence-electron chi connectivity index (χ2n) is 2.16. The Balaban J connectivity index is 2.98. The number of hydrogen-bond donors (Lipinski definition) is 1. The lowest BCUT2D eigenvalue weighted by molar-refractivity contribution is 0.464. The Kier molecular flexibility index (Phi) is 1.38. The van der Waals surface area contributed by atoms with Crippen LogP contribution in [-0.4, -0.2) is 15.0 Å². The van der Waals surface area contributed by atoms with Gasteiger partial charge in [-0.25, -0.2) is 9.90 Å². The second-order valence-corrected chi connectivity index (χ2v) is 2.16. The summed E-state index contributed by atoms with van der Waals surface area (Å²) in [4.78, 5) is 12.0. The molecule has 0 aliphatic rings. The van der Waals surface area contributed by atoms with E-state index in [1.807, 2.05) is 13.8 Å². The molecule has 0 aliphatic carbocycles. The molecule has 0 fully saturated rings. The summed E-state index contributed by atoms with van der Waals surface area (Å²) in [7, 11) is 0. The summed E-state index contributed by atoms with van der Waals surface area (Å²) >= 11 is 0. The van der Waals surface area contributed by atoms with E-state index in [9.17, 15) is 4.79 Å². The highest BCUT2D eigenvalue weighted by atomic mass is 16.1. The first-order chi connectivity index (χ1) is 4.20. The third-order valence-corrected chi connectivity index (χ3v) is 1.01. The average molecular weight is 127 g/mol. The van der Waals surface area contributed by atoms with Crippen LogP contribution in [0.4, 0.5) is 0 Å².